The largest absolute Gasteiger partial charge is 0.399 e. The number of amides is 1. The molecule has 0 aromatic heterocycles. The molecule has 0 bridgehead atoms. The molecule has 1 aromatic carbocycles. The van der Waals surface area contributed by atoms with Crippen LogP contribution in [0.1, 0.15) is 36.2 Å². The molecule has 0 aliphatic heterocycles. The number of anilines is 1. The molecule has 0 heterocycles. The summed E-state index contributed by atoms with van der Waals surface area (Å²) in [6, 6.07) is 5.46. The average molecular weight is 234 g/mol. The first-order valence-corrected chi connectivity index (χ1v) is 6.07. The number of nitrogen functional groups attached to an aromatic ring is 1. The van der Waals surface area contributed by atoms with Crippen LogP contribution in [0.15, 0.2) is 18.2 Å². The Morgan fingerprint density at radius 3 is 2.71 bits per heavy atom. The summed E-state index contributed by atoms with van der Waals surface area (Å²) in [7, 11) is 1.84. The molecule has 1 rings (SSSR count). The second-order valence-electron chi connectivity index (χ2n) is 4.77. The van der Waals surface area contributed by atoms with E-state index in [4.69, 9.17) is 5.73 Å². The average Bonchev–Trinajstić information content (AvgIpc) is 2.31. The van der Waals surface area contributed by atoms with Gasteiger partial charge >= 0.3 is 0 Å². The van der Waals surface area contributed by atoms with Crippen LogP contribution in [0.25, 0.3) is 0 Å². The fraction of sp³-hybridized carbons (Fsp3) is 0.500. The lowest BCUT2D eigenvalue weighted by atomic mass is 10.1. The van der Waals surface area contributed by atoms with Crippen molar-refractivity contribution in [1.82, 2.24) is 4.90 Å². The second kappa shape index (κ2) is 5.71. The van der Waals surface area contributed by atoms with Crippen molar-refractivity contribution in [2.24, 2.45) is 5.92 Å². The number of aryl methyl sites for hydroxylation is 1. The minimum atomic E-state index is 0.0510. The van der Waals surface area contributed by atoms with Crippen molar-refractivity contribution in [2.45, 2.75) is 27.2 Å². The van der Waals surface area contributed by atoms with Crippen LogP contribution in [0, 0.1) is 12.8 Å². The number of rotatable bonds is 4. The molecule has 3 heteroatoms. The third-order valence-electron chi connectivity index (χ3n) is 3.12. The maximum Gasteiger partial charge on any atom is 0.253 e. The van der Waals surface area contributed by atoms with E-state index < -0.39 is 0 Å². The maximum absolute atomic E-state index is 12.2. The van der Waals surface area contributed by atoms with Gasteiger partial charge in [0.1, 0.15) is 0 Å². The van der Waals surface area contributed by atoms with Crippen LogP contribution in [0.5, 0.6) is 0 Å². The van der Waals surface area contributed by atoms with Gasteiger partial charge in [-0.3, -0.25) is 4.79 Å². The van der Waals surface area contributed by atoms with Gasteiger partial charge in [0.15, 0.2) is 0 Å². The molecule has 17 heavy (non-hydrogen) atoms. The van der Waals surface area contributed by atoms with Gasteiger partial charge in [0.2, 0.25) is 0 Å². The highest BCUT2D eigenvalue weighted by molar-refractivity contribution is 5.96. The summed E-state index contributed by atoms with van der Waals surface area (Å²) in [6.45, 7) is 7.00. The smallest absolute Gasteiger partial charge is 0.253 e. The SMILES string of the molecule is CCC(C)CN(C)C(=O)c1cc(N)ccc1C. The molecule has 94 valence electrons. The van der Waals surface area contributed by atoms with Gasteiger partial charge in [0.05, 0.1) is 0 Å². The van der Waals surface area contributed by atoms with E-state index in [9.17, 15) is 4.79 Å². The van der Waals surface area contributed by atoms with Crippen molar-refractivity contribution in [3.8, 4) is 0 Å². The monoisotopic (exact) mass is 234 g/mol. The first-order valence-electron chi connectivity index (χ1n) is 6.07. The molecule has 0 saturated carbocycles. The summed E-state index contributed by atoms with van der Waals surface area (Å²) in [5.74, 6) is 0.570. The Morgan fingerprint density at radius 1 is 1.47 bits per heavy atom. The number of hydrogen-bond acceptors (Lipinski definition) is 2. The summed E-state index contributed by atoms with van der Waals surface area (Å²) in [5, 5.41) is 0. The van der Waals surface area contributed by atoms with Gasteiger partial charge in [-0.1, -0.05) is 26.3 Å². The van der Waals surface area contributed by atoms with E-state index in [1.165, 1.54) is 0 Å². The molecule has 0 radical (unpaired) electrons. The molecular formula is C14H22N2O. The van der Waals surface area contributed by atoms with E-state index in [-0.39, 0.29) is 5.91 Å². The van der Waals surface area contributed by atoms with Crippen LogP contribution in [-0.4, -0.2) is 24.4 Å². The Morgan fingerprint density at radius 2 is 2.12 bits per heavy atom. The van der Waals surface area contributed by atoms with E-state index in [2.05, 4.69) is 13.8 Å². The van der Waals surface area contributed by atoms with Crippen LogP contribution in [0.4, 0.5) is 5.69 Å². The van der Waals surface area contributed by atoms with Gasteiger partial charge in [-0.25, -0.2) is 0 Å². The van der Waals surface area contributed by atoms with Crippen molar-refractivity contribution in [3.05, 3.63) is 29.3 Å². The standard InChI is InChI=1S/C14H22N2O/c1-5-10(2)9-16(4)14(17)13-8-12(15)7-6-11(13)3/h6-8,10H,5,9,15H2,1-4H3. The summed E-state index contributed by atoms with van der Waals surface area (Å²) in [6.07, 6.45) is 1.08. The van der Waals surface area contributed by atoms with Crippen molar-refractivity contribution in [2.75, 3.05) is 19.3 Å². The van der Waals surface area contributed by atoms with Crippen molar-refractivity contribution < 1.29 is 4.79 Å². The molecule has 3 nitrogen and oxygen atoms in total. The summed E-state index contributed by atoms with van der Waals surface area (Å²) < 4.78 is 0. The van der Waals surface area contributed by atoms with Crippen LogP contribution >= 0.6 is 0 Å². The van der Waals surface area contributed by atoms with Crippen LogP contribution < -0.4 is 5.73 Å². The molecule has 0 aliphatic carbocycles. The minimum Gasteiger partial charge on any atom is -0.399 e. The molecule has 1 aromatic rings. The highest BCUT2D eigenvalue weighted by Crippen LogP contribution is 2.15. The van der Waals surface area contributed by atoms with E-state index in [0.717, 1.165) is 18.5 Å². The predicted octanol–water partition coefficient (Wildman–Crippen LogP) is 2.70. The molecule has 0 spiro atoms. The highest BCUT2D eigenvalue weighted by Gasteiger charge is 2.15. The lowest BCUT2D eigenvalue weighted by molar-refractivity contribution is 0.0774. The zero-order valence-corrected chi connectivity index (χ0v) is 11.2. The minimum absolute atomic E-state index is 0.0510. The van der Waals surface area contributed by atoms with Crippen LogP contribution in [0.2, 0.25) is 0 Å². The van der Waals surface area contributed by atoms with E-state index in [1.54, 1.807) is 11.0 Å². The van der Waals surface area contributed by atoms with Gasteiger partial charge in [0.25, 0.3) is 5.91 Å². The number of hydrogen-bond donors (Lipinski definition) is 1. The highest BCUT2D eigenvalue weighted by atomic mass is 16.2. The van der Waals surface area contributed by atoms with Crippen LogP contribution in [0.3, 0.4) is 0 Å². The lowest BCUT2D eigenvalue weighted by Gasteiger charge is -2.21. The first kappa shape index (κ1) is 13.6. The third kappa shape index (κ3) is 3.48. The Hall–Kier alpha value is -1.51. The quantitative estimate of drug-likeness (QED) is 0.814. The number of carbonyl (C=O) groups excluding carboxylic acids is 1. The van der Waals surface area contributed by atoms with E-state index >= 15 is 0 Å². The van der Waals surface area contributed by atoms with Gasteiger partial charge in [-0.05, 0) is 30.5 Å². The predicted molar refractivity (Wildman–Crippen MR) is 72.0 cm³/mol. The van der Waals surface area contributed by atoms with Crippen molar-refractivity contribution >= 4 is 11.6 Å². The molecular weight excluding hydrogens is 212 g/mol. The zero-order chi connectivity index (χ0) is 13.0. The van der Waals surface area contributed by atoms with Gasteiger partial charge in [-0.15, -0.1) is 0 Å². The number of carbonyl (C=O) groups is 1. The Bertz CT molecular complexity index is 401. The molecule has 0 saturated heterocycles. The summed E-state index contributed by atoms with van der Waals surface area (Å²) in [4.78, 5) is 14.0. The molecule has 1 amide bonds. The Kier molecular flexibility index (Phi) is 4.55. The molecule has 0 fully saturated rings. The third-order valence-corrected chi connectivity index (χ3v) is 3.12. The topological polar surface area (TPSA) is 46.3 Å². The number of nitrogens with zero attached hydrogens (tertiary/aromatic N) is 1. The molecule has 0 aliphatic rings. The summed E-state index contributed by atoms with van der Waals surface area (Å²) in [5.41, 5.74) is 8.03. The summed E-state index contributed by atoms with van der Waals surface area (Å²) >= 11 is 0. The Labute approximate surface area is 104 Å². The van der Waals surface area contributed by atoms with Gasteiger partial charge < -0.3 is 10.6 Å². The lowest BCUT2D eigenvalue weighted by Crippen LogP contribution is -2.31. The maximum atomic E-state index is 12.2. The van der Waals surface area contributed by atoms with Gasteiger partial charge in [0, 0.05) is 24.8 Å². The van der Waals surface area contributed by atoms with E-state index in [0.29, 0.717) is 17.2 Å². The first-order chi connectivity index (χ1) is 7.95. The van der Waals surface area contributed by atoms with E-state index in [1.807, 2.05) is 26.1 Å². The molecule has 1 unspecified atom stereocenters. The fourth-order valence-corrected chi connectivity index (χ4v) is 1.76. The van der Waals surface area contributed by atoms with Crippen molar-refractivity contribution in [1.29, 1.82) is 0 Å². The fourth-order valence-electron chi connectivity index (χ4n) is 1.76. The molecule has 2 N–H and O–H groups in total. The second-order valence-corrected chi connectivity index (χ2v) is 4.77. The zero-order valence-electron chi connectivity index (χ0n) is 11.2. The Balaban J connectivity index is 2.85. The normalized spacial score (nSPS) is 12.2. The van der Waals surface area contributed by atoms with Gasteiger partial charge in [-0.2, -0.15) is 0 Å². The van der Waals surface area contributed by atoms with Crippen molar-refractivity contribution in [3.63, 3.8) is 0 Å². The van der Waals surface area contributed by atoms with Crippen LogP contribution in [-0.2, 0) is 0 Å². The number of nitrogens with two attached hydrogens (primary N) is 1. The number of benzene rings is 1. The molecule has 1 atom stereocenters.